The molecule has 1 aromatic heterocycles. The van der Waals surface area contributed by atoms with Crippen LogP contribution in [-0.2, 0) is 0 Å². The third kappa shape index (κ3) is 3.63. The maximum atomic E-state index is 12.3. The zero-order valence-corrected chi connectivity index (χ0v) is 15.8. The van der Waals surface area contributed by atoms with Crippen molar-refractivity contribution in [3.63, 3.8) is 0 Å². The summed E-state index contributed by atoms with van der Waals surface area (Å²) in [4.78, 5) is 28.3. The third-order valence-corrected chi connectivity index (χ3v) is 4.86. The van der Waals surface area contributed by atoms with Crippen molar-refractivity contribution in [2.45, 2.75) is 0 Å². The number of ether oxygens (including phenoxy) is 1. The first-order chi connectivity index (χ1) is 13.5. The quantitative estimate of drug-likeness (QED) is 0.603. The van der Waals surface area contributed by atoms with E-state index in [1.807, 2.05) is 0 Å². The molecule has 7 heteroatoms. The first kappa shape index (κ1) is 18.2. The predicted molar refractivity (Wildman–Crippen MR) is 109 cm³/mol. The molecule has 0 fully saturated rings. The standard InChI is InChI=1S/C21H12Cl2N2O3/c22-16-7-4-12(10-17(16)23)21(27)25-13-5-9-20(24-11-13)28-19-3-1-2-14-15(19)6-8-18(14)26/h1-11H,(H,25,27). The monoisotopic (exact) mass is 410 g/mol. The Labute approximate surface area is 170 Å². The van der Waals surface area contributed by atoms with Crippen molar-refractivity contribution < 1.29 is 14.3 Å². The molecule has 0 bridgehead atoms. The molecule has 0 aliphatic heterocycles. The predicted octanol–water partition coefficient (Wildman–Crippen LogP) is 5.64. The van der Waals surface area contributed by atoms with Crippen molar-refractivity contribution in [3.8, 4) is 11.6 Å². The number of hydrogen-bond donors (Lipinski definition) is 1. The Kier molecular flexibility index (Phi) is 4.86. The number of ketones is 1. The number of fused-ring (bicyclic) bond motifs is 1. The van der Waals surface area contributed by atoms with Gasteiger partial charge in [0.15, 0.2) is 5.78 Å². The summed E-state index contributed by atoms with van der Waals surface area (Å²) in [6.45, 7) is 0. The van der Waals surface area contributed by atoms with Gasteiger partial charge in [-0.3, -0.25) is 9.59 Å². The Bertz CT molecular complexity index is 1120. The Hall–Kier alpha value is -3.15. The molecule has 2 aromatic carbocycles. The zero-order chi connectivity index (χ0) is 19.7. The van der Waals surface area contributed by atoms with Crippen molar-refractivity contribution in [2.24, 2.45) is 0 Å². The van der Waals surface area contributed by atoms with E-state index < -0.39 is 0 Å². The minimum absolute atomic E-state index is 0.0474. The fourth-order valence-electron chi connectivity index (χ4n) is 2.74. The van der Waals surface area contributed by atoms with E-state index in [1.165, 1.54) is 18.3 Å². The lowest BCUT2D eigenvalue weighted by Gasteiger charge is -2.10. The summed E-state index contributed by atoms with van der Waals surface area (Å²) in [5.74, 6) is 0.501. The van der Waals surface area contributed by atoms with Crippen LogP contribution in [-0.4, -0.2) is 16.7 Å². The van der Waals surface area contributed by atoms with Gasteiger partial charge in [0.1, 0.15) is 5.75 Å². The first-order valence-electron chi connectivity index (χ1n) is 8.27. The van der Waals surface area contributed by atoms with Crippen LogP contribution in [0.5, 0.6) is 11.6 Å². The minimum atomic E-state index is -0.335. The van der Waals surface area contributed by atoms with Crippen LogP contribution in [0, 0.1) is 0 Å². The largest absolute Gasteiger partial charge is 0.438 e. The second kappa shape index (κ2) is 7.46. The van der Waals surface area contributed by atoms with Crippen molar-refractivity contribution >= 4 is 46.7 Å². The molecule has 0 unspecified atom stereocenters. The van der Waals surface area contributed by atoms with Gasteiger partial charge in [0.05, 0.1) is 21.9 Å². The van der Waals surface area contributed by atoms with Crippen molar-refractivity contribution in [2.75, 3.05) is 5.32 Å². The SMILES string of the molecule is O=C(Nc1ccc(Oc2cccc3c2C=CC3=O)nc1)c1ccc(Cl)c(Cl)c1. The molecule has 1 heterocycles. The number of carbonyl (C=O) groups is 2. The molecule has 28 heavy (non-hydrogen) atoms. The van der Waals surface area contributed by atoms with Gasteiger partial charge in [0, 0.05) is 22.8 Å². The lowest BCUT2D eigenvalue weighted by Crippen LogP contribution is -2.12. The van der Waals surface area contributed by atoms with E-state index in [9.17, 15) is 9.59 Å². The number of hydrogen-bond acceptors (Lipinski definition) is 4. The number of benzene rings is 2. The van der Waals surface area contributed by atoms with Crippen molar-refractivity contribution in [3.05, 3.63) is 87.5 Å². The number of pyridine rings is 1. The minimum Gasteiger partial charge on any atom is -0.438 e. The average molecular weight is 411 g/mol. The number of nitrogens with zero attached hydrogens (tertiary/aromatic N) is 1. The summed E-state index contributed by atoms with van der Waals surface area (Å²) < 4.78 is 5.78. The van der Waals surface area contributed by atoms with Gasteiger partial charge < -0.3 is 10.1 Å². The maximum absolute atomic E-state index is 12.3. The highest BCUT2D eigenvalue weighted by Gasteiger charge is 2.18. The molecule has 1 aliphatic rings. The summed E-state index contributed by atoms with van der Waals surface area (Å²) in [5, 5.41) is 3.41. The zero-order valence-electron chi connectivity index (χ0n) is 14.3. The van der Waals surface area contributed by atoms with E-state index in [0.29, 0.717) is 38.5 Å². The van der Waals surface area contributed by atoms with E-state index in [0.717, 1.165) is 5.56 Å². The van der Waals surface area contributed by atoms with E-state index in [1.54, 1.807) is 48.5 Å². The summed E-state index contributed by atoms with van der Waals surface area (Å²) in [5.41, 5.74) is 2.21. The maximum Gasteiger partial charge on any atom is 0.255 e. The topological polar surface area (TPSA) is 68.3 Å². The Morgan fingerprint density at radius 1 is 1.00 bits per heavy atom. The summed E-state index contributed by atoms with van der Waals surface area (Å²) >= 11 is 11.8. The molecular formula is C21H12Cl2N2O3. The number of anilines is 1. The Morgan fingerprint density at radius 3 is 2.61 bits per heavy atom. The highest BCUT2D eigenvalue weighted by atomic mass is 35.5. The van der Waals surface area contributed by atoms with Crippen LogP contribution in [0.3, 0.4) is 0 Å². The van der Waals surface area contributed by atoms with Gasteiger partial charge in [-0.15, -0.1) is 0 Å². The first-order valence-corrected chi connectivity index (χ1v) is 9.02. The molecular weight excluding hydrogens is 399 g/mol. The van der Waals surface area contributed by atoms with Crippen LogP contribution in [0.1, 0.15) is 26.3 Å². The average Bonchev–Trinajstić information content (AvgIpc) is 3.07. The fraction of sp³-hybridized carbons (Fsp3) is 0. The van der Waals surface area contributed by atoms with Crippen LogP contribution in [0.4, 0.5) is 5.69 Å². The van der Waals surface area contributed by atoms with E-state index >= 15 is 0 Å². The molecule has 0 saturated heterocycles. The Morgan fingerprint density at radius 2 is 1.86 bits per heavy atom. The number of nitrogens with one attached hydrogen (secondary N) is 1. The summed E-state index contributed by atoms with van der Waals surface area (Å²) in [7, 11) is 0. The number of rotatable bonds is 4. The molecule has 5 nitrogen and oxygen atoms in total. The third-order valence-electron chi connectivity index (χ3n) is 4.12. The number of carbonyl (C=O) groups excluding carboxylic acids is 2. The van der Waals surface area contributed by atoms with Gasteiger partial charge in [-0.05, 0) is 42.5 Å². The highest BCUT2D eigenvalue weighted by molar-refractivity contribution is 6.42. The van der Waals surface area contributed by atoms with Gasteiger partial charge in [0.25, 0.3) is 5.91 Å². The Balaban J connectivity index is 1.47. The molecule has 1 aliphatic carbocycles. The van der Waals surface area contributed by atoms with Gasteiger partial charge >= 0.3 is 0 Å². The second-order valence-corrected chi connectivity index (χ2v) is 6.80. The van der Waals surface area contributed by atoms with Crippen LogP contribution < -0.4 is 10.1 Å². The second-order valence-electron chi connectivity index (χ2n) is 5.99. The molecule has 0 spiro atoms. The van der Waals surface area contributed by atoms with E-state index in [-0.39, 0.29) is 11.7 Å². The molecule has 4 rings (SSSR count). The van der Waals surface area contributed by atoms with Gasteiger partial charge in [-0.25, -0.2) is 4.98 Å². The molecule has 1 N–H and O–H groups in total. The number of allylic oxidation sites excluding steroid dienone is 1. The lowest BCUT2D eigenvalue weighted by molar-refractivity contribution is 0.102. The fourth-order valence-corrected chi connectivity index (χ4v) is 3.03. The molecule has 0 atom stereocenters. The van der Waals surface area contributed by atoms with Crippen LogP contribution in [0.15, 0.2) is 60.8 Å². The van der Waals surface area contributed by atoms with Crippen LogP contribution in [0.25, 0.3) is 6.08 Å². The number of halogens is 2. The van der Waals surface area contributed by atoms with Gasteiger partial charge in [0.2, 0.25) is 5.88 Å². The van der Waals surface area contributed by atoms with E-state index in [2.05, 4.69) is 10.3 Å². The van der Waals surface area contributed by atoms with Crippen LogP contribution >= 0.6 is 23.2 Å². The normalized spacial score (nSPS) is 12.0. The van der Waals surface area contributed by atoms with Crippen molar-refractivity contribution in [1.29, 1.82) is 0 Å². The smallest absolute Gasteiger partial charge is 0.255 e. The number of aromatic nitrogens is 1. The van der Waals surface area contributed by atoms with Crippen molar-refractivity contribution in [1.82, 2.24) is 4.98 Å². The molecule has 3 aromatic rings. The van der Waals surface area contributed by atoms with Gasteiger partial charge in [-0.1, -0.05) is 35.3 Å². The lowest BCUT2D eigenvalue weighted by atomic mass is 10.1. The molecule has 138 valence electrons. The molecule has 0 saturated carbocycles. The van der Waals surface area contributed by atoms with Crippen LogP contribution in [0.2, 0.25) is 10.0 Å². The highest BCUT2D eigenvalue weighted by Crippen LogP contribution is 2.32. The number of amides is 1. The summed E-state index contributed by atoms with van der Waals surface area (Å²) in [6, 6.07) is 13.2. The van der Waals surface area contributed by atoms with E-state index in [4.69, 9.17) is 27.9 Å². The molecule has 0 radical (unpaired) electrons. The summed E-state index contributed by atoms with van der Waals surface area (Å²) in [6.07, 6.45) is 4.71. The van der Waals surface area contributed by atoms with Gasteiger partial charge in [-0.2, -0.15) is 0 Å². The molecule has 1 amide bonds.